The molecule has 0 spiro atoms. The molecule has 0 radical (unpaired) electrons. The first kappa shape index (κ1) is 14.8. The van der Waals surface area contributed by atoms with Gasteiger partial charge in [-0.3, -0.25) is 4.79 Å². The first-order chi connectivity index (χ1) is 9.20. The highest BCUT2D eigenvalue weighted by Crippen LogP contribution is 2.28. The van der Waals surface area contributed by atoms with Gasteiger partial charge in [-0.25, -0.2) is 0 Å². The Hall–Kier alpha value is -0.570. The summed E-state index contributed by atoms with van der Waals surface area (Å²) in [5.41, 5.74) is 0. The van der Waals surface area contributed by atoms with Crippen molar-refractivity contribution in [2.45, 2.75) is 77.3 Å². The minimum atomic E-state index is 0.00539. The van der Waals surface area contributed by atoms with Gasteiger partial charge < -0.3 is 10.2 Å². The van der Waals surface area contributed by atoms with E-state index in [0.29, 0.717) is 11.9 Å². The van der Waals surface area contributed by atoms with E-state index in [-0.39, 0.29) is 6.04 Å². The van der Waals surface area contributed by atoms with E-state index in [4.69, 9.17) is 0 Å². The average molecular weight is 266 g/mol. The van der Waals surface area contributed by atoms with E-state index in [0.717, 1.165) is 19.0 Å². The maximum absolute atomic E-state index is 12.2. The highest BCUT2D eigenvalue weighted by molar-refractivity contribution is 5.81. The Morgan fingerprint density at radius 3 is 2.42 bits per heavy atom. The molecule has 0 aromatic heterocycles. The van der Waals surface area contributed by atoms with E-state index in [1.807, 2.05) is 11.8 Å². The molecule has 1 saturated heterocycles. The molecule has 110 valence electrons. The number of rotatable bonds is 5. The summed E-state index contributed by atoms with van der Waals surface area (Å²) in [5, 5.41) is 3.57. The maximum atomic E-state index is 12.2. The molecule has 0 aromatic rings. The van der Waals surface area contributed by atoms with Gasteiger partial charge in [-0.2, -0.15) is 0 Å². The van der Waals surface area contributed by atoms with Crippen LogP contribution in [-0.2, 0) is 4.79 Å². The van der Waals surface area contributed by atoms with Crippen molar-refractivity contribution >= 4 is 5.91 Å². The van der Waals surface area contributed by atoms with Crippen LogP contribution < -0.4 is 5.32 Å². The first-order valence-corrected chi connectivity index (χ1v) is 8.25. The fourth-order valence-corrected chi connectivity index (χ4v) is 3.66. The molecule has 1 heterocycles. The van der Waals surface area contributed by atoms with Gasteiger partial charge in [0.2, 0.25) is 5.91 Å². The molecule has 0 bridgehead atoms. The highest BCUT2D eigenvalue weighted by Gasteiger charge is 2.27. The van der Waals surface area contributed by atoms with Crippen molar-refractivity contribution in [2.24, 2.45) is 5.92 Å². The van der Waals surface area contributed by atoms with Crippen LogP contribution in [0.4, 0.5) is 0 Å². The summed E-state index contributed by atoms with van der Waals surface area (Å²) < 4.78 is 0. The molecule has 2 rings (SSSR count). The van der Waals surface area contributed by atoms with Crippen molar-refractivity contribution in [3.63, 3.8) is 0 Å². The Bertz CT molecular complexity index is 278. The number of carbonyl (C=O) groups excluding carboxylic acids is 1. The molecule has 1 atom stereocenters. The first-order valence-electron chi connectivity index (χ1n) is 8.25. The summed E-state index contributed by atoms with van der Waals surface area (Å²) in [5.74, 6) is 1.25. The van der Waals surface area contributed by atoms with Crippen LogP contribution in [0.15, 0.2) is 0 Å². The number of nitrogens with zero attached hydrogens (tertiary/aromatic N) is 1. The zero-order chi connectivity index (χ0) is 13.7. The quantitative estimate of drug-likeness (QED) is 0.830. The number of likely N-dealkylation sites (tertiary alicyclic amines) is 1. The Morgan fingerprint density at radius 1 is 1.21 bits per heavy atom. The van der Waals surface area contributed by atoms with Gasteiger partial charge in [0.1, 0.15) is 0 Å². The summed E-state index contributed by atoms with van der Waals surface area (Å²) in [7, 11) is 0. The van der Waals surface area contributed by atoms with Crippen molar-refractivity contribution < 1.29 is 4.79 Å². The second kappa shape index (κ2) is 7.28. The molecule has 3 heteroatoms. The fourth-order valence-electron chi connectivity index (χ4n) is 3.66. The van der Waals surface area contributed by atoms with Gasteiger partial charge in [-0.05, 0) is 51.4 Å². The van der Waals surface area contributed by atoms with Crippen LogP contribution >= 0.6 is 0 Å². The Balaban J connectivity index is 1.71. The lowest BCUT2D eigenvalue weighted by molar-refractivity contribution is -0.132. The lowest BCUT2D eigenvalue weighted by Gasteiger charge is -2.32. The SMILES string of the molecule is CCCC1CCC(NC(C)C(=O)N2CCCC2)CC1. The summed E-state index contributed by atoms with van der Waals surface area (Å²) >= 11 is 0. The van der Waals surface area contributed by atoms with Crippen molar-refractivity contribution in [2.75, 3.05) is 13.1 Å². The second-order valence-electron chi connectivity index (χ2n) is 6.43. The normalized spacial score (nSPS) is 29.5. The highest BCUT2D eigenvalue weighted by atomic mass is 16.2. The van der Waals surface area contributed by atoms with E-state index >= 15 is 0 Å². The summed E-state index contributed by atoms with van der Waals surface area (Å²) in [6, 6.07) is 0.570. The minimum absolute atomic E-state index is 0.00539. The van der Waals surface area contributed by atoms with Gasteiger partial charge >= 0.3 is 0 Å². The molecule has 3 nitrogen and oxygen atoms in total. The molecule has 1 amide bonds. The van der Waals surface area contributed by atoms with Crippen molar-refractivity contribution in [1.29, 1.82) is 0 Å². The van der Waals surface area contributed by atoms with Crippen molar-refractivity contribution in [1.82, 2.24) is 10.2 Å². The van der Waals surface area contributed by atoms with Crippen LogP contribution in [0.2, 0.25) is 0 Å². The molecule has 1 aliphatic carbocycles. The molecule has 1 aliphatic heterocycles. The zero-order valence-electron chi connectivity index (χ0n) is 12.7. The van der Waals surface area contributed by atoms with Crippen LogP contribution in [0.5, 0.6) is 0 Å². The van der Waals surface area contributed by atoms with Crippen LogP contribution in [0.1, 0.15) is 65.2 Å². The third-order valence-corrected chi connectivity index (χ3v) is 4.82. The number of amides is 1. The predicted octanol–water partition coefficient (Wildman–Crippen LogP) is 2.95. The van der Waals surface area contributed by atoms with Gasteiger partial charge in [-0.1, -0.05) is 19.8 Å². The van der Waals surface area contributed by atoms with Crippen molar-refractivity contribution in [3.05, 3.63) is 0 Å². The molecule has 1 N–H and O–H groups in total. The fraction of sp³-hybridized carbons (Fsp3) is 0.938. The summed E-state index contributed by atoms with van der Waals surface area (Å²) in [6.07, 6.45) is 10.2. The summed E-state index contributed by atoms with van der Waals surface area (Å²) in [4.78, 5) is 14.3. The minimum Gasteiger partial charge on any atom is -0.341 e. The van der Waals surface area contributed by atoms with Gasteiger partial charge in [0.05, 0.1) is 6.04 Å². The molecular weight excluding hydrogens is 236 g/mol. The lowest BCUT2D eigenvalue weighted by atomic mass is 9.83. The van der Waals surface area contributed by atoms with E-state index in [1.54, 1.807) is 0 Å². The lowest BCUT2D eigenvalue weighted by Crippen LogP contribution is -2.48. The largest absolute Gasteiger partial charge is 0.341 e. The van der Waals surface area contributed by atoms with Crippen LogP contribution in [0.3, 0.4) is 0 Å². The van der Waals surface area contributed by atoms with E-state index in [9.17, 15) is 4.79 Å². The Kier molecular flexibility index (Phi) is 5.68. The Morgan fingerprint density at radius 2 is 1.84 bits per heavy atom. The molecule has 19 heavy (non-hydrogen) atoms. The van der Waals surface area contributed by atoms with Gasteiger partial charge in [0.15, 0.2) is 0 Å². The van der Waals surface area contributed by atoms with E-state index in [2.05, 4.69) is 12.2 Å². The third-order valence-electron chi connectivity index (χ3n) is 4.82. The number of hydrogen-bond acceptors (Lipinski definition) is 2. The monoisotopic (exact) mass is 266 g/mol. The van der Waals surface area contributed by atoms with E-state index in [1.165, 1.54) is 51.4 Å². The maximum Gasteiger partial charge on any atom is 0.239 e. The molecule has 0 aromatic carbocycles. The molecule has 1 saturated carbocycles. The van der Waals surface area contributed by atoms with Crippen LogP contribution in [0.25, 0.3) is 0 Å². The predicted molar refractivity (Wildman–Crippen MR) is 79.1 cm³/mol. The smallest absolute Gasteiger partial charge is 0.239 e. The van der Waals surface area contributed by atoms with Crippen LogP contribution in [0, 0.1) is 5.92 Å². The number of nitrogens with one attached hydrogen (secondary N) is 1. The van der Waals surface area contributed by atoms with Crippen LogP contribution in [-0.4, -0.2) is 36.0 Å². The molecule has 2 aliphatic rings. The third kappa shape index (κ3) is 4.20. The Labute approximate surface area is 118 Å². The summed E-state index contributed by atoms with van der Waals surface area (Å²) in [6.45, 7) is 6.25. The van der Waals surface area contributed by atoms with Gasteiger partial charge in [0.25, 0.3) is 0 Å². The molecule has 2 fully saturated rings. The second-order valence-corrected chi connectivity index (χ2v) is 6.43. The number of carbonyl (C=O) groups is 1. The standard InChI is InChI=1S/C16H30N2O/c1-3-6-14-7-9-15(10-8-14)17-13(2)16(19)18-11-4-5-12-18/h13-15,17H,3-12H2,1-2H3. The molecule has 1 unspecified atom stereocenters. The zero-order valence-corrected chi connectivity index (χ0v) is 12.7. The topological polar surface area (TPSA) is 32.3 Å². The van der Waals surface area contributed by atoms with Gasteiger partial charge in [-0.15, -0.1) is 0 Å². The van der Waals surface area contributed by atoms with Crippen molar-refractivity contribution in [3.8, 4) is 0 Å². The van der Waals surface area contributed by atoms with E-state index < -0.39 is 0 Å². The number of hydrogen-bond donors (Lipinski definition) is 1. The average Bonchev–Trinajstić information content (AvgIpc) is 2.94. The molecular formula is C16H30N2O. The van der Waals surface area contributed by atoms with Gasteiger partial charge in [0, 0.05) is 19.1 Å².